The van der Waals surface area contributed by atoms with Gasteiger partial charge in [0, 0.05) is 10.0 Å². The van der Waals surface area contributed by atoms with Gasteiger partial charge in [0.25, 0.3) is 0 Å². The number of halogens is 1. The molecule has 0 saturated heterocycles. The summed E-state index contributed by atoms with van der Waals surface area (Å²) in [6.45, 7) is 2.26. The van der Waals surface area contributed by atoms with Crippen molar-refractivity contribution in [3.05, 3.63) is 22.7 Å². The topological polar surface area (TPSA) is 43.8 Å². The van der Waals surface area contributed by atoms with Crippen LogP contribution in [0.5, 0.6) is 0 Å². The van der Waals surface area contributed by atoms with Gasteiger partial charge in [-0.3, -0.25) is 0 Å². The van der Waals surface area contributed by atoms with E-state index >= 15 is 0 Å². The Labute approximate surface area is 103 Å². The molecule has 84 valence electrons. The van der Waals surface area contributed by atoms with Gasteiger partial charge in [0.2, 0.25) is 5.95 Å². The number of hydrogen-bond donors (Lipinski definition) is 1. The van der Waals surface area contributed by atoms with E-state index in [1.54, 1.807) is 0 Å². The number of anilines is 1. The Hall–Kier alpha value is -1.03. The average Bonchev–Trinajstić information content (AvgIpc) is 2.50. The van der Waals surface area contributed by atoms with E-state index in [9.17, 15) is 0 Å². The number of nitrogens with zero attached hydrogens (tertiary/aromatic N) is 2. The summed E-state index contributed by atoms with van der Waals surface area (Å²) >= 11 is 3.46. The van der Waals surface area contributed by atoms with E-state index in [-0.39, 0.29) is 5.54 Å². The van der Waals surface area contributed by atoms with Crippen LogP contribution in [0, 0.1) is 0 Å². The van der Waals surface area contributed by atoms with Crippen molar-refractivity contribution in [1.82, 2.24) is 9.55 Å². The number of benzene rings is 1. The molecule has 0 unspecified atom stereocenters. The monoisotopic (exact) mass is 279 g/mol. The van der Waals surface area contributed by atoms with Crippen molar-refractivity contribution in [2.24, 2.45) is 0 Å². The molecule has 0 amide bonds. The van der Waals surface area contributed by atoms with Crippen LogP contribution in [0.2, 0.25) is 0 Å². The summed E-state index contributed by atoms with van der Waals surface area (Å²) in [5, 5.41) is 0. The lowest BCUT2D eigenvalue weighted by atomic mass is 9.78. The molecule has 4 heteroatoms. The predicted molar refractivity (Wildman–Crippen MR) is 69.3 cm³/mol. The molecule has 1 fully saturated rings. The van der Waals surface area contributed by atoms with Crippen molar-refractivity contribution in [3.8, 4) is 0 Å². The Morgan fingerprint density at radius 1 is 1.44 bits per heavy atom. The molecular formula is C12H14BrN3. The van der Waals surface area contributed by atoms with E-state index in [4.69, 9.17) is 5.73 Å². The normalized spacial score (nSPS) is 18.6. The van der Waals surface area contributed by atoms with Gasteiger partial charge in [-0.1, -0.05) is 15.9 Å². The molecule has 2 aromatic rings. The first kappa shape index (κ1) is 10.1. The van der Waals surface area contributed by atoms with Crippen molar-refractivity contribution in [3.63, 3.8) is 0 Å². The van der Waals surface area contributed by atoms with Gasteiger partial charge in [-0.05, 0) is 44.4 Å². The minimum absolute atomic E-state index is 0.173. The summed E-state index contributed by atoms with van der Waals surface area (Å²) in [6, 6.07) is 6.15. The summed E-state index contributed by atoms with van der Waals surface area (Å²) in [4.78, 5) is 4.43. The SMILES string of the molecule is CC1(n2c(N)nc3cc(Br)ccc32)CCC1. The van der Waals surface area contributed by atoms with Gasteiger partial charge in [0.1, 0.15) is 0 Å². The van der Waals surface area contributed by atoms with Crippen molar-refractivity contribution in [1.29, 1.82) is 0 Å². The van der Waals surface area contributed by atoms with E-state index in [0.717, 1.165) is 15.5 Å². The van der Waals surface area contributed by atoms with Gasteiger partial charge in [0.05, 0.1) is 11.0 Å². The second-order valence-corrected chi connectivity index (χ2v) is 5.70. The smallest absolute Gasteiger partial charge is 0.201 e. The van der Waals surface area contributed by atoms with Gasteiger partial charge in [-0.25, -0.2) is 4.98 Å². The van der Waals surface area contributed by atoms with E-state index in [1.165, 1.54) is 19.3 Å². The van der Waals surface area contributed by atoms with Crippen LogP contribution in [-0.4, -0.2) is 9.55 Å². The quantitative estimate of drug-likeness (QED) is 0.871. The minimum atomic E-state index is 0.173. The highest BCUT2D eigenvalue weighted by Crippen LogP contribution is 2.42. The molecule has 0 aliphatic heterocycles. The van der Waals surface area contributed by atoms with Crippen LogP contribution < -0.4 is 5.73 Å². The van der Waals surface area contributed by atoms with Crippen LogP contribution >= 0.6 is 15.9 Å². The lowest BCUT2D eigenvalue weighted by Crippen LogP contribution is -2.37. The van der Waals surface area contributed by atoms with Gasteiger partial charge in [-0.2, -0.15) is 0 Å². The van der Waals surface area contributed by atoms with Gasteiger partial charge in [0.15, 0.2) is 0 Å². The van der Waals surface area contributed by atoms with Gasteiger partial charge < -0.3 is 10.3 Å². The molecule has 1 aliphatic rings. The zero-order valence-corrected chi connectivity index (χ0v) is 10.8. The first-order chi connectivity index (χ1) is 7.60. The molecule has 3 nitrogen and oxygen atoms in total. The summed E-state index contributed by atoms with van der Waals surface area (Å²) in [6.07, 6.45) is 3.67. The maximum Gasteiger partial charge on any atom is 0.201 e. The van der Waals surface area contributed by atoms with E-state index in [1.807, 2.05) is 12.1 Å². The van der Waals surface area contributed by atoms with Crippen molar-refractivity contribution in [2.45, 2.75) is 31.7 Å². The molecule has 0 radical (unpaired) electrons. The van der Waals surface area contributed by atoms with Crippen LogP contribution in [-0.2, 0) is 5.54 Å². The molecular weight excluding hydrogens is 266 g/mol. The Morgan fingerprint density at radius 2 is 2.19 bits per heavy atom. The molecule has 0 spiro atoms. The Morgan fingerprint density at radius 3 is 2.81 bits per heavy atom. The maximum atomic E-state index is 6.04. The van der Waals surface area contributed by atoms with Crippen molar-refractivity contribution < 1.29 is 0 Å². The van der Waals surface area contributed by atoms with Crippen LogP contribution in [0.25, 0.3) is 11.0 Å². The lowest BCUT2D eigenvalue weighted by molar-refractivity contribution is 0.177. The molecule has 3 rings (SSSR count). The average molecular weight is 280 g/mol. The highest BCUT2D eigenvalue weighted by atomic mass is 79.9. The third-order valence-corrected chi connectivity index (χ3v) is 4.11. The fourth-order valence-corrected chi connectivity index (χ4v) is 2.90. The highest BCUT2D eigenvalue weighted by Gasteiger charge is 2.36. The molecule has 16 heavy (non-hydrogen) atoms. The fourth-order valence-electron chi connectivity index (χ4n) is 2.55. The van der Waals surface area contributed by atoms with E-state index in [0.29, 0.717) is 5.95 Å². The third kappa shape index (κ3) is 1.29. The zero-order chi connectivity index (χ0) is 11.3. The van der Waals surface area contributed by atoms with E-state index in [2.05, 4.69) is 38.5 Å². The molecule has 1 aliphatic carbocycles. The number of rotatable bonds is 1. The Kier molecular flexibility index (Phi) is 2.05. The summed E-state index contributed by atoms with van der Waals surface area (Å²) in [7, 11) is 0. The molecule has 0 bridgehead atoms. The second-order valence-electron chi connectivity index (χ2n) is 4.79. The van der Waals surface area contributed by atoms with Crippen LogP contribution in [0.15, 0.2) is 22.7 Å². The summed E-state index contributed by atoms with van der Waals surface area (Å²) in [5.74, 6) is 0.635. The number of imidazole rings is 1. The predicted octanol–water partition coefficient (Wildman–Crippen LogP) is 3.28. The largest absolute Gasteiger partial charge is 0.369 e. The Bertz CT molecular complexity index is 555. The van der Waals surface area contributed by atoms with E-state index < -0.39 is 0 Å². The molecule has 1 aromatic carbocycles. The van der Waals surface area contributed by atoms with Crippen molar-refractivity contribution >= 4 is 32.9 Å². The first-order valence-electron chi connectivity index (χ1n) is 5.54. The summed E-state index contributed by atoms with van der Waals surface area (Å²) < 4.78 is 3.24. The number of aromatic nitrogens is 2. The highest BCUT2D eigenvalue weighted by molar-refractivity contribution is 9.10. The second kappa shape index (κ2) is 3.23. The maximum absolute atomic E-state index is 6.04. The van der Waals surface area contributed by atoms with Gasteiger partial charge in [-0.15, -0.1) is 0 Å². The molecule has 0 atom stereocenters. The Balaban J connectivity index is 2.27. The number of fused-ring (bicyclic) bond motifs is 1. The lowest BCUT2D eigenvalue weighted by Gasteiger charge is -2.40. The number of nitrogen functional groups attached to an aromatic ring is 1. The number of nitrogens with two attached hydrogens (primary N) is 1. The van der Waals surface area contributed by atoms with Crippen LogP contribution in [0.1, 0.15) is 26.2 Å². The fraction of sp³-hybridized carbons (Fsp3) is 0.417. The third-order valence-electron chi connectivity index (χ3n) is 3.61. The van der Waals surface area contributed by atoms with Crippen LogP contribution in [0.4, 0.5) is 5.95 Å². The zero-order valence-electron chi connectivity index (χ0n) is 9.20. The first-order valence-corrected chi connectivity index (χ1v) is 6.33. The van der Waals surface area contributed by atoms with Crippen LogP contribution in [0.3, 0.4) is 0 Å². The molecule has 1 heterocycles. The molecule has 1 aromatic heterocycles. The molecule has 2 N–H and O–H groups in total. The van der Waals surface area contributed by atoms with Gasteiger partial charge >= 0.3 is 0 Å². The summed E-state index contributed by atoms with van der Waals surface area (Å²) in [5.41, 5.74) is 8.32. The number of hydrogen-bond acceptors (Lipinski definition) is 2. The van der Waals surface area contributed by atoms with Crippen molar-refractivity contribution in [2.75, 3.05) is 5.73 Å². The standard InChI is InChI=1S/C12H14BrN3/c1-12(5-2-6-12)16-10-4-3-8(13)7-9(10)15-11(16)14/h3-4,7H,2,5-6H2,1H3,(H2,14,15). The molecule has 1 saturated carbocycles. The minimum Gasteiger partial charge on any atom is -0.369 e.